The number of nitrogens with zero attached hydrogens (tertiary/aromatic N) is 2. The summed E-state index contributed by atoms with van der Waals surface area (Å²) in [6.07, 6.45) is 3.62. The van der Waals surface area contributed by atoms with Crippen LogP contribution in [0.4, 0.5) is 5.13 Å². The maximum Gasteiger partial charge on any atom is 0.184 e. The van der Waals surface area contributed by atoms with E-state index < -0.39 is 0 Å². The molecule has 19 heavy (non-hydrogen) atoms. The Hall–Kier alpha value is -1.65. The minimum Gasteiger partial charge on any atom is -0.357 e. The quantitative estimate of drug-likeness (QED) is 0.782. The van der Waals surface area contributed by atoms with Gasteiger partial charge in [0.15, 0.2) is 5.13 Å². The lowest BCUT2D eigenvalue weighted by Crippen LogP contribution is -1.98. The molecule has 96 valence electrons. The number of rotatable bonds is 3. The van der Waals surface area contributed by atoms with Gasteiger partial charge < -0.3 is 5.32 Å². The summed E-state index contributed by atoms with van der Waals surface area (Å²) >= 11 is 7.67. The van der Waals surface area contributed by atoms with Crippen LogP contribution in [0, 0.1) is 6.92 Å². The zero-order chi connectivity index (χ0) is 13.2. The van der Waals surface area contributed by atoms with Crippen LogP contribution in [-0.4, -0.2) is 9.97 Å². The molecule has 3 rings (SSSR count). The normalized spacial score (nSPS) is 10.8. The summed E-state index contributed by atoms with van der Waals surface area (Å²) in [5.74, 6) is 0. The summed E-state index contributed by atoms with van der Waals surface area (Å²) in [5.41, 5.74) is 3.26. The van der Waals surface area contributed by atoms with Crippen molar-refractivity contribution in [1.82, 2.24) is 9.97 Å². The van der Waals surface area contributed by atoms with Gasteiger partial charge in [0.05, 0.1) is 10.2 Å². The highest BCUT2D eigenvalue weighted by Gasteiger charge is 2.07. The Labute approximate surface area is 120 Å². The van der Waals surface area contributed by atoms with Gasteiger partial charge in [0, 0.05) is 24.0 Å². The van der Waals surface area contributed by atoms with Crippen LogP contribution in [0.25, 0.3) is 10.2 Å². The molecule has 0 aliphatic heterocycles. The van der Waals surface area contributed by atoms with Crippen LogP contribution in [0.5, 0.6) is 0 Å². The lowest BCUT2D eigenvalue weighted by Gasteiger charge is -2.01. The molecule has 0 bridgehead atoms. The maximum atomic E-state index is 6.06. The Morgan fingerprint density at radius 1 is 1.37 bits per heavy atom. The molecule has 0 amide bonds. The molecule has 0 atom stereocenters. The summed E-state index contributed by atoms with van der Waals surface area (Å²) in [6.45, 7) is 2.75. The third-order valence-electron chi connectivity index (χ3n) is 2.82. The number of aryl methyl sites for hydroxylation is 1. The number of aromatic nitrogens is 2. The molecule has 0 radical (unpaired) electrons. The van der Waals surface area contributed by atoms with Crippen LogP contribution < -0.4 is 5.32 Å². The van der Waals surface area contributed by atoms with Crippen molar-refractivity contribution in [2.45, 2.75) is 13.5 Å². The van der Waals surface area contributed by atoms with E-state index in [0.717, 1.165) is 38.0 Å². The second-order valence-electron chi connectivity index (χ2n) is 4.30. The van der Waals surface area contributed by atoms with Crippen molar-refractivity contribution in [1.29, 1.82) is 0 Å². The molecule has 0 aliphatic carbocycles. The third-order valence-corrected chi connectivity index (χ3v) is 4.00. The lowest BCUT2D eigenvalue weighted by atomic mass is 10.2. The Morgan fingerprint density at radius 3 is 3.05 bits per heavy atom. The van der Waals surface area contributed by atoms with Gasteiger partial charge in [-0.25, -0.2) is 4.98 Å². The summed E-state index contributed by atoms with van der Waals surface area (Å²) in [5, 5.41) is 4.98. The fourth-order valence-corrected chi connectivity index (χ4v) is 3.23. The molecule has 0 aliphatic rings. The number of nitrogens with one attached hydrogen (secondary N) is 1. The fourth-order valence-electron chi connectivity index (χ4n) is 1.91. The first-order valence-electron chi connectivity index (χ1n) is 5.92. The van der Waals surface area contributed by atoms with E-state index in [9.17, 15) is 0 Å². The molecular weight excluding hydrogens is 278 g/mol. The zero-order valence-corrected chi connectivity index (χ0v) is 11.9. The summed E-state index contributed by atoms with van der Waals surface area (Å²) in [7, 11) is 0. The van der Waals surface area contributed by atoms with E-state index in [1.807, 2.05) is 37.4 Å². The van der Waals surface area contributed by atoms with Crippen molar-refractivity contribution < 1.29 is 0 Å². The van der Waals surface area contributed by atoms with Crippen molar-refractivity contribution in [2.24, 2.45) is 0 Å². The summed E-state index contributed by atoms with van der Waals surface area (Å²) in [4.78, 5) is 8.69. The number of halogens is 1. The molecule has 1 aromatic carbocycles. The van der Waals surface area contributed by atoms with Gasteiger partial charge >= 0.3 is 0 Å². The highest BCUT2D eigenvalue weighted by molar-refractivity contribution is 7.22. The molecule has 0 saturated heterocycles. The third kappa shape index (κ3) is 2.69. The van der Waals surface area contributed by atoms with Gasteiger partial charge in [-0.3, -0.25) is 4.98 Å². The van der Waals surface area contributed by atoms with Gasteiger partial charge in [-0.15, -0.1) is 0 Å². The van der Waals surface area contributed by atoms with Crippen LogP contribution in [0.3, 0.4) is 0 Å². The van der Waals surface area contributed by atoms with E-state index in [4.69, 9.17) is 11.6 Å². The average Bonchev–Trinajstić information content (AvgIpc) is 2.81. The number of thiazole rings is 1. The van der Waals surface area contributed by atoms with Crippen molar-refractivity contribution in [3.05, 3.63) is 52.8 Å². The molecule has 2 aromatic heterocycles. The predicted octanol–water partition coefficient (Wildman–Crippen LogP) is 4.27. The van der Waals surface area contributed by atoms with E-state index in [2.05, 4.69) is 15.3 Å². The monoisotopic (exact) mass is 289 g/mol. The van der Waals surface area contributed by atoms with Crippen molar-refractivity contribution in [3.8, 4) is 0 Å². The van der Waals surface area contributed by atoms with E-state index in [0.29, 0.717) is 0 Å². The van der Waals surface area contributed by atoms with Crippen molar-refractivity contribution in [2.75, 3.05) is 5.32 Å². The summed E-state index contributed by atoms with van der Waals surface area (Å²) in [6, 6.07) is 7.86. The van der Waals surface area contributed by atoms with Crippen LogP contribution in [-0.2, 0) is 6.54 Å². The first kappa shape index (κ1) is 12.4. The van der Waals surface area contributed by atoms with Crippen molar-refractivity contribution >= 4 is 38.3 Å². The molecular formula is C14H12ClN3S. The molecule has 0 spiro atoms. The highest BCUT2D eigenvalue weighted by Crippen LogP contribution is 2.31. The first-order chi connectivity index (χ1) is 9.22. The van der Waals surface area contributed by atoms with Gasteiger partial charge in [-0.1, -0.05) is 29.0 Å². The molecule has 1 N–H and O–H groups in total. The van der Waals surface area contributed by atoms with E-state index in [1.165, 1.54) is 0 Å². The Balaban J connectivity index is 1.84. The molecule has 2 heterocycles. The van der Waals surface area contributed by atoms with E-state index >= 15 is 0 Å². The highest BCUT2D eigenvalue weighted by atomic mass is 35.5. The Kier molecular flexibility index (Phi) is 3.36. The molecule has 0 fully saturated rings. The Bertz CT molecular complexity index is 709. The molecule has 3 aromatic rings. The minimum atomic E-state index is 0.723. The van der Waals surface area contributed by atoms with Gasteiger partial charge in [0.2, 0.25) is 0 Å². The van der Waals surface area contributed by atoms with Gasteiger partial charge in [-0.05, 0) is 36.2 Å². The average molecular weight is 290 g/mol. The van der Waals surface area contributed by atoms with Gasteiger partial charge in [0.1, 0.15) is 0 Å². The second kappa shape index (κ2) is 5.15. The topological polar surface area (TPSA) is 37.8 Å². The predicted molar refractivity (Wildman–Crippen MR) is 80.9 cm³/mol. The fraction of sp³-hybridized carbons (Fsp3) is 0.143. The SMILES string of the molecule is Cc1cc(Cl)cc2sc(NCc3cccnc3)nc12. The maximum absolute atomic E-state index is 6.06. The van der Waals surface area contributed by atoms with E-state index in [1.54, 1.807) is 17.5 Å². The second-order valence-corrected chi connectivity index (χ2v) is 5.77. The van der Waals surface area contributed by atoms with Crippen LogP contribution in [0.15, 0.2) is 36.7 Å². The molecule has 0 unspecified atom stereocenters. The minimum absolute atomic E-state index is 0.723. The number of fused-ring (bicyclic) bond motifs is 1. The lowest BCUT2D eigenvalue weighted by molar-refractivity contribution is 1.11. The number of benzene rings is 1. The first-order valence-corrected chi connectivity index (χ1v) is 7.11. The summed E-state index contributed by atoms with van der Waals surface area (Å²) < 4.78 is 1.11. The number of hydrogen-bond acceptors (Lipinski definition) is 4. The standard InChI is InChI=1S/C14H12ClN3S/c1-9-5-11(15)6-12-13(9)18-14(19-12)17-8-10-3-2-4-16-7-10/h2-7H,8H2,1H3,(H,17,18). The van der Waals surface area contributed by atoms with Crippen LogP contribution >= 0.6 is 22.9 Å². The number of hydrogen-bond donors (Lipinski definition) is 1. The molecule has 5 heteroatoms. The van der Waals surface area contributed by atoms with E-state index in [-0.39, 0.29) is 0 Å². The molecule has 3 nitrogen and oxygen atoms in total. The van der Waals surface area contributed by atoms with Gasteiger partial charge in [0.25, 0.3) is 0 Å². The van der Waals surface area contributed by atoms with Crippen LogP contribution in [0.2, 0.25) is 5.02 Å². The molecule has 0 saturated carbocycles. The smallest absolute Gasteiger partial charge is 0.184 e. The largest absolute Gasteiger partial charge is 0.357 e. The van der Waals surface area contributed by atoms with Gasteiger partial charge in [-0.2, -0.15) is 0 Å². The zero-order valence-electron chi connectivity index (χ0n) is 10.4. The number of anilines is 1. The number of pyridine rings is 1. The van der Waals surface area contributed by atoms with Crippen LogP contribution in [0.1, 0.15) is 11.1 Å². The Morgan fingerprint density at radius 2 is 2.26 bits per heavy atom. The van der Waals surface area contributed by atoms with Crippen molar-refractivity contribution in [3.63, 3.8) is 0 Å².